The minimum Gasteiger partial charge on any atom is -0.442 e. The Bertz CT molecular complexity index is 602. The van der Waals surface area contributed by atoms with Crippen LogP contribution in [0.15, 0.2) is 47.6 Å². The van der Waals surface area contributed by atoms with Crippen LogP contribution in [0.3, 0.4) is 0 Å². The van der Waals surface area contributed by atoms with Gasteiger partial charge < -0.3 is 14.5 Å². The smallest absolute Gasteiger partial charge is 0.410 e. The highest BCUT2D eigenvalue weighted by Gasteiger charge is 2.20. The second kappa shape index (κ2) is 11.3. The summed E-state index contributed by atoms with van der Waals surface area (Å²) in [5.74, 6) is 0.485. The number of nitrogens with zero attached hydrogens (tertiary/aromatic N) is 2. The first-order valence-corrected chi connectivity index (χ1v) is 9.33. The molecule has 5 nitrogen and oxygen atoms in total. The van der Waals surface area contributed by atoms with Crippen LogP contribution in [0.5, 0.6) is 0 Å². The first-order chi connectivity index (χ1) is 12.4. The summed E-state index contributed by atoms with van der Waals surface area (Å²) in [6.07, 6.45) is 13.7. The predicted molar refractivity (Wildman–Crippen MR) is 109 cm³/mol. The van der Waals surface area contributed by atoms with E-state index in [4.69, 9.17) is 10.1 Å². The zero-order chi connectivity index (χ0) is 19.5. The van der Waals surface area contributed by atoms with Gasteiger partial charge >= 0.3 is 6.09 Å². The van der Waals surface area contributed by atoms with E-state index in [1.165, 1.54) is 5.57 Å². The van der Waals surface area contributed by atoms with Crippen molar-refractivity contribution < 1.29 is 9.53 Å². The Morgan fingerprint density at radius 2 is 2.12 bits per heavy atom. The second-order valence-electron chi connectivity index (χ2n) is 6.47. The molecule has 0 saturated carbocycles. The molecule has 1 aliphatic carbocycles. The highest BCUT2D eigenvalue weighted by Crippen LogP contribution is 2.23. The summed E-state index contributed by atoms with van der Waals surface area (Å²) in [6, 6.07) is 0. The minimum atomic E-state index is -0.303. The average Bonchev–Trinajstić information content (AvgIpc) is 2.62. The molecule has 1 unspecified atom stereocenters. The number of rotatable bonds is 8. The van der Waals surface area contributed by atoms with Crippen molar-refractivity contribution in [1.29, 1.82) is 5.41 Å². The number of amides is 1. The topological polar surface area (TPSA) is 56.6 Å². The molecule has 0 aromatic carbocycles. The number of likely N-dealkylation sites (N-methyl/N-ethyl adjacent to an activating group) is 2. The number of hydrogen-bond donors (Lipinski definition) is 1. The van der Waals surface area contributed by atoms with Crippen LogP contribution in [0.4, 0.5) is 4.79 Å². The normalized spacial score (nSPS) is 16.5. The minimum absolute atomic E-state index is 0.262. The molecule has 0 aliphatic heterocycles. The van der Waals surface area contributed by atoms with Crippen molar-refractivity contribution in [3.63, 3.8) is 0 Å². The molecule has 1 rings (SSSR count). The first kappa shape index (κ1) is 21.7. The molecule has 0 saturated heterocycles. The van der Waals surface area contributed by atoms with Crippen LogP contribution < -0.4 is 0 Å². The first-order valence-electron chi connectivity index (χ1n) is 9.33. The lowest BCUT2D eigenvalue weighted by molar-refractivity contribution is 0.0820. The number of carbonyl (C=O) groups excluding carboxylic acids is 1. The van der Waals surface area contributed by atoms with E-state index in [0.717, 1.165) is 18.4 Å². The third-order valence-electron chi connectivity index (χ3n) is 4.43. The molecule has 0 aromatic heterocycles. The van der Waals surface area contributed by atoms with Gasteiger partial charge in [0.15, 0.2) is 0 Å². The fourth-order valence-electron chi connectivity index (χ4n) is 2.49. The summed E-state index contributed by atoms with van der Waals surface area (Å²) in [7, 11) is 1.85. The molecule has 1 atom stereocenters. The van der Waals surface area contributed by atoms with Gasteiger partial charge in [-0.1, -0.05) is 43.4 Å². The van der Waals surface area contributed by atoms with Crippen molar-refractivity contribution in [2.45, 2.75) is 46.6 Å². The predicted octanol–water partition coefficient (Wildman–Crippen LogP) is 4.54. The Labute approximate surface area is 158 Å². The van der Waals surface area contributed by atoms with Crippen molar-refractivity contribution >= 4 is 11.9 Å². The molecule has 1 amide bonds. The standard InChI is InChI=1S/C21H33N3O2/c1-6-8-9-11-19-12-10-13-20(16-19)17(3)26-21(25)24(7-2)15-14-23(5)18(4)22/h8-13,17,22H,6-7,14-16H2,1-5H3/b9-8-,19-11-,22-18?. The lowest BCUT2D eigenvalue weighted by atomic mass is 9.96. The van der Waals surface area contributed by atoms with Gasteiger partial charge in [-0.25, -0.2) is 4.79 Å². The van der Waals surface area contributed by atoms with E-state index < -0.39 is 0 Å². The Morgan fingerprint density at radius 1 is 1.38 bits per heavy atom. The molecule has 0 heterocycles. The Kier molecular flexibility index (Phi) is 9.48. The largest absolute Gasteiger partial charge is 0.442 e. The molecular formula is C21H33N3O2. The van der Waals surface area contributed by atoms with Gasteiger partial charge in [-0.2, -0.15) is 0 Å². The second-order valence-corrected chi connectivity index (χ2v) is 6.47. The van der Waals surface area contributed by atoms with E-state index in [9.17, 15) is 4.79 Å². The van der Waals surface area contributed by atoms with E-state index in [2.05, 4.69) is 31.2 Å². The third-order valence-corrected chi connectivity index (χ3v) is 4.43. The van der Waals surface area contributed by atoms with E-state index >= 15 is 0 Å². The molecular weight excluding hydrogens is 326 g/mol. The van der Waals surface area contributed by atoms with Gasteiger partial charge in [0.1, 0.15) is 6.10 Å². The molecule has 0 aromatic rings. The zero-order valence-electron chi connectivity index (χ0n) is 16.8. The maximum atomic E-state index is 12.5. The van der Waals surface area contributed by atoms with Crippen LogP contribution in [0, 0.1) is 5.41 Å². The highest BCUT2D eigenvalue weighted by atomic mass is 16.6. The fourth-order valence-corrected chi connectivity index (χ4v) is 2.49. The van der Waals surface area contributed by atoms with E-state index in [1.54, 1.807) is 11.8 Å². The average molecular weight is 360 g/mol. The quantitative estimate of drug-likeness (QED) is 0.511. The number of hydrogen-bond acceptors (Lipinski definition) is 3. The van der Waals surface area contributed by atoms with Crippen LogP contribution >= 0.6 is 0 Å². The van der Waals surface area contributed by atoms with Crippen molar-refractivity contribution in [3.8, 4) is 0 Å². The molecule has 144 valence electrons. The number of nitrogens with one attached hydrogen (secondary N) is 1. The molecule has 0 spiro atoms. The lowest BCUT2D eigenvalue weighted by Gasteiger charge is -2.27. The van der Waals surface area contributed by atoms with Gasteiger partial charge in [-0.15, -0.1) is 0 Å². The summed E-state index contributed by atoms with van der Waals surface area (Å²) < 4.78 is 5.68. The van der Waals surface area contributed by atoms with Crippen LogP contribution in [-0.2, 0) is 4.74 Å². The monoisotopic (exact) mass is 359 g/mol. The molecule has 0 bridgehead atoms. The Hall–Kier alpha value is -2.30. The summed E-state index contributed by atoms with van der Waals surface area (Å²) in [5.41, 5.74) is 2.31. The third kappa shape index (κ3) is 7.30. The van der Waals surface area contributed by atoms with Gasteiger partial charge in [0.25, 0.3) is 0 Å². The van der Waals surface area contributed by atoms with E-state index in [1.807, 2.05) is 37.9 Å². The van der Waals surface area contributed by atoms with Gasteiger partial charge in [0, 0.05) is 26.7 Å². The van der Waals surface area contributed by atoms with Crippen molar-refractivity contribution in [2.24, 2.45) is 0 Å². The van der Waals surface area contributed by atoms with Crippen molar-refractivity contribution in [1.82, 2.24) is 9.80 Å². The Balaban J connectivity index is 2.60. The van der Waals surface area contributed by atoms with Gasteiger partial charge in [0.05, 0.1) is 5.84 Å². The van der Waals surface area contributed by atoms with Crippen LogP contribution in [0.1, 0.15) is 40.5 Å². The maximum Gasteiger partial charge on any atom is 0.410 e. The summed E-state index contributed by atoms with van der Waals surface area (Å²) in [5, 5.41) is 7.60. The van der Waals surface area contributed by atoms with Gasteiger partial charge in [-0.05, 0) is 44.8 Å². The molecule has 1 N–H and O–H groups in total. The number of ether oxygens (including phenoxy) is 1. The van der Waals surface area contributed by atoms with Crippen LogP contribution in [-0.4, -0.2) is 54.5 Å². The van der Waals surface area contributed by atoms with Gasteiger partial charge in [-0.3, -0.25) is 5.41 Å². The number of allylic oxidation sites excluding steroid dienone is 7. The summed E-state index contributed by atoms with van der Waals surface area (Å²) in [6.45, 7) is 9.45. The highest BCUT2D eigenvalue weighted by molar-refractivity contribution is 5.76. The molecule has 0 fully saturated rings. The number of amidine groups is 1. The lowest BCUT2D eigenvalue weighted by Crippen LogP contribution is -2.40. The SMILES string of the molecule is CC/C=C\C=C1\C=CC=C(C(C)OC(=O)N(CC)CCN(C)C(C)=N)C1. The molecule has 0 radical (unpaired) electrons. The molecule has 26 heavy (non-hydrogen) atoms. The van der Waals surface area contributed by atoms with Crippen LogP contribution in [0.2, 0.25) is 0 Å². The Morgan fingerprint density at radius 3 is 2.73 bits per heavy atom. The van der Waals surface area contributed by atoms with Crippen molar-refractivity contribution in [3.05, 3.63) is 47.6 Å². The van der Waals surface area contributed by atoms with Gasteiger partial charge in [0.2, 0.25) is 0 Å². The summed E-state index contributed by atoms with van der Waals surface area (Å²) >= 11 is 0. The summed E-state index contributed by atoms with van der Waals surface area (Å²) in [4.78, 5) is 16.0. The maximum absolute atomic E-state index is 12.5. The van der Waals surface area contributed by atoms with E-state index in [0.29, 0.717) is 25.5 Å². The molecule has 5 heteroatoms. The van der Waals surface area contributed by atoms with Crippen molar-refractivity contribution in [2.75, 3.05) is 26.7 Å². The van der Waals surface area contributed by atoms with E-state index in [-0.39, 0.29) is 12.2 Å². The van der Waals surface area contributed by atoms with Crippen LogP contribution in [0.25, 0.3) is 0 Å². The zero-order valence-corrected chi connectivity index (χ0v) is 16.8. The molecule has 1 aliphatic rings. The fraction of sp³-hybridized carbons (Fsp3) is 0.524. The number of carbonyl (C=O) groups is 1.